The number of primary amides is 1. The minimum atomic E-state index is -0.563. The maximum Gasteiger partial charge on any atom is 0.266 e. The fraction of sp³-hybridized carbons (Fsp3) is 0.0909. The molecule has 96 valence electrons. The largest absolute Gasteiger partial charge is 0.364 e. The van der Waals surface area contributed by atoms with Gasteiger partial charge in [-0.25, -0.2) is 9.50 Å². The van der Waals surface area contributed by atoms with E-state index in [0.29, 0.717) is 17.5 Å². The van der Waals surface area contributed by atoms with Gasteiger partial charge in [0.1, 0.15) is 17.0 Å². The van der Waals surface area contributed by atoms with Crippen LogP contribution in [0, 0.1) is 6.92 Å². The van der Waals surface area contributed by atoms with E-state index in [1.165, 1.54) is 6.07 Å². The Bertz CT molecular complexity index is 757. The third-order valence-corrected chi connectivity index (χ3v) is 2.59. The first kappa shape index (κ1) is 11.2. The van der Waals surface area contributed by atoms with Crippen LogP contribution in [0.1, 0.15) is 16.3 Å². The van der Waals surface area contributed by atoms with Crippen LogP contribution < -0.4 is 11.1 Å². The van der Waals surface area contributed by atoms with Gasteiger partial charge in [0, 0.05) is 12.3 Å². The van der Waals surface area contributed by atoms with Gasteiger partial charge < -0.3 is 11.1 Å². The highest BCUT2D eigenvalue weighted by Gasteiger charge is 2.09. The van der Waals surface area contributed by atoms with Crippen LogP contribution in [0.3, 0.4) is 0 Å². The van der Waals surface area contributed by atoms with E-state index in [9.17, 15) is 4.79 Å². The van der Waals surface area contributed by atoms with Crippen molar-refractivity contribution in [1.82, 2.24) is 24.8 Å². The number of aromatic nitrogens is 5. The van der Waals surface area contributed by atoms with Crippen LogP contribution in [0.15, 0.2) is 24.4 Å². The lowest BCUT2D eigenvalue weighted by Gasteiger charge is -2.05. The van der Waals surface area contributed by atoms with Crippen molar-refractivity contribution in [3.05, 3.63) is 35.9 Å². The highest BCUT2D eigenvalue weighted by molar-refractivity contribution is 5.91. The van der Waals surface area contributed by atoms with Crippen molar-refractivity contribution in [2.24, 2.45) is 5.73 Å². The van der Waals surface area contributed by atoms with Gasteiger partial charge in [-0.3, -0.25) is 9.89 Å². The molecule has 3 aromatic rings. The van der Waals surface area contributed by atoms with Crippen molar-refractivity contribution in [2.75, 3.05) is 5.32 Å². The summed E-state index contributed by atoms with van der Waals surface area (Å²) in [7, 11) is 0. The maximum absolute atomic E-state index is 11.0. The Hall–Kier alpha value is -2.90. The summed E-state index contributed by atoms with van der Waals surface area (Å²) in [4.78, 5) is 15.3. The molecule has 0 aliphatic carbocycles. The molecule has 8 heteroatoms. The summed E-state index contributed by atoms with van der Waals surface area (Å²) in [5, 5.41) is 13.8. The smallest absolute Gasteiger partial charge is 0.266 e. The predicted octanol–water partition coefficient (Wildman–Crippen LogP) is 0.603. The van der Waals surface area contributed by atoms with Gasteiger partial charge in [0.2, 0.25) is 0 Å². The van der Waals surface area contributed by atoms with E-state index in [1.807, 2.05) is 18.3 Å². The standard InChI is InChI=1S/C11H11N7O/c1-6-13-11(8-3-2-4-18(8)17-6)14-9-5-7(10(12)19)15-16-9/h2-5H,1H3,(H2,12,19)(H2,13,14,15,16,17). The lowest BCUT2D eigenvalue weighted by molar-refractivity contribution is 0.0995. The van der Waals surface area contributed by atoms with E-state index in [0.717, 1.165) is 5.52 Å². The number of fused-ring (bicyclic) bond motifs is 1. The Morgan fingerprint density at radius 3 is 3.11 bits per heavy atom. The molecule has 3 aromatic heterocycles. The van der Waals surface area contributed by atoms with Crippen molar-refractivity contribution < 1.29 is 4.79 Å². The number of anilines is 2. The molecule has 8 nitrogen and oxygen atoms in total. The molecule has 0 bridgehead atoms. The average Bonchev–Trinajstić information content (AvgIpc) is 2.96. The fourth-order valence-corrected chi connectivity index (χ4v) is 1.77. The van der Waals surface area contributed by atoms with Gasteiger partial charge in [0.25, 0.3) is 5.91 Å². The molecule has 1 amide bonds. The summed E-state index contributed by atoms with van der Waals surface area (Å²) in [5.74, 6) is 1.14. The van der Waals surface area contributed by atoms with Gasteiger partial charge in [0.15, 0.2) is 11.6 Å². The van der Waals surface area contributed by atoms with Gasteiger partial charge in [-0.1, -0.05) is 0 Å². The maximum atomic E-state index is 11.0. The third kappa shape index (κ3) is 1.99. The molecule has 0 aliphatic heterocycles. The topological polar surface area (TPSA) is 114 Å². The summed E-state index contributed by atoms with van der Waals surface area (Å²) in [5.41, 5.74) is 6.20. The first-order valence-corrected chi connectivity index (χ1v) is 5.58. The van der Waals surface area contributed by atoms with Crippen LogP contribution in [-0.4, -0.2) is 30.7 Å². The Morgan fingerprint density at radius 1 is 1.53 bits per heavy atom. The number of nitrogens with one attached hydrogen (secondary N) is 2. The molecule has 0 unspecified atom stereocenters. The van der Waals surface area contributed by atoms with Crippen molar-refractivity contribution in [2.45, 2.75) is 6.92 Å². The number of hydrogen-bond acceptors (Lipinski definition) is 5. The van der Waals surface area contributed by atoms with Crippen LogP contribution in [-0.2, 0) is 0 Å². The van der Waals surface area contributed by atoms with Crippen molar-refractivity contribution in [1.29, 1.82) is 0 Å². The highest BCUT2D eigenvalue weighted by atomic mass is 16.1. The molecular weight excluding hydrogens is 246 g/mol. The molecule has 3 heterocycles. The molecule has 0 fully saturated rings. The summed E-state index contributed by atoms with van der Waals surface area (Å²) >= 11 is 0. The molecule has 0 spiro atoms. The summed E-state index contributed by atoms with van der Waals surface area (Å²) in [6.45, 7) is 1.80. The van der Waals surface area contributed by atoms with Gasteiger partial charge in [-0.05, 0) is 19.1 Å². The Labute approximate surface area is 107 Å². The van der Waals surface area contributed by atoms with Crippen molar-refractivity contribution >= 4 is 23.1 Å². The molecule has 19 heavy (non-hydrogen) atoms. The second-order valence-electron chi connectivity index (χ2n) is 4.00. The van der Waals surface area contributed by atoms with Crippen LogP contribution in [0.2, 0.25) is 0 Å². The number of aryl methyl sites for hydroxylation is 1. The number of carbonyl (C=O) groups is 1. The lowest BCUT2D eigenvalue weighted by atomic mass is 10.4. The normalized spacial score (nSPS) is 10.8. The van der Waals surface area contributed by atoms with E-state index >= 15 is 0 Å². The fourth-order valence-electron chi connectivity index (χ4n) is 1.77. The minimum absolute atomic E-state index is 0.236. The number of hydrogen-bond donors (Lipinski definition) is 3. The zero-order valence-corrected chi connectivity index (χ0v) is 10.1. The summed E-state index contributed by atoms with van der Waals surface area (Å²) < 4.78 is 1.71. The number of nitrogens with two attached hydrogens (primary N) is 1. The highest BCUT2D eigenvalue weighted by Crippen LogP contribution is 2.18. The zero-order valence-electron chi connectivity index (χ0n) is 10.1. The third-order valence-electron chi connectivity index (χ3n) is 2.59. The molecule has 3 rings (SSSR count). The van der Waals surface area contributed by atoms with Crippen LogP contribution in [0.5, 0.6) is 0 Å². The number of aromatic amines is 1. The second kappa shape index (κ2) is 4.09. The monoisotopic (exact) mass is 257 g/mol. The van der Waals surface area contributed by atoms with E-state index in [2.05, 4.69) is 25.6 Å². The number of carbonyl (C=O) groups excluding carboxylic acids is 1. The van der Waals surface area contributed by atoms with Gasteiger partial charge >= 0.3 is 0 Å². The second-order valence-corrected chi connectivity index (χ2v) is 4.00. The van der Waals surface area contributed by atoms with Gasteiger partial charge in [0.05, 0.1) is 0 Å². The van der Waals surface area contributed by atoms with Crippen molar-refractivity contribution in [3.8, 4) is 0 Å². The Morgan fingerprint density at radius 2 is 2.37 bits per heavy atom. The van der Waals surface area contributed by atoms with Crippen LogP contribution >= 0.6 is 0 Å². The van der Waals surface area contributed by atoms with E-state index in [-0.39, 0.29) is 5.69 Å². The zero-order chi connectivity index (χ0) is 13.4. The molecular formula is C11H11N7O. The molecule has 0 saturated carbocycles. The molecule has 0 saturated heterocycles. The van der Waals surface area contributed by atoms with Crippen LogP contribution in [0.25, 0.3) is 5.52 Å². The summed E-state index contributed by atoms with van der Waals surface area (Å²) in [6, 6.07) is 5.27. The lowest BCUT2D eigenvalue weighted by Crippen LogP contribution is -2.11. The molecule has 0 atom stereocenters. The Balaban J connectivity index is 2.00. The minimum Gasteiger partial charge on any atom is -0.364 e. The SMILES string of the molecule is Cc1nc(Nc2cc(C(N)=O)[nH]n2)c2cccn2n1. The number of H-pyrrole nitrogens is 1. The number of rotatable bonds is 3. The van der Waals surface area contributed by atoms with Gasteiger partial charge in [-0.15, -0.1) is 0 Å². The molecule has 0 aromatic carbocycles. The molecule has 0 aliphatic rings. The quantitative estimate of drug-likeness (QED) is 0.635. The first-order valence-electron chi connectivity index (χ1n) is 5.58. The Kier molecular flexibility index (Phi) is 2.41. The van der Waals surface area contributed by atoms with E-state index < -0.39 is 5.91 Å². The molecule has 0 radical (unpaired) electrons. The number of nitrogens with zero attached hydrogens (tertiary/aromatic N) is 4. The van der Waals surface area contributed by atoms with E-state index in [4.69, 9.17) is 5.73 Å². The van der Waals surface area contributed by atoms with E-state index in [1.54, 1.807) is 11.4 Å². The first-order chi connectivity index (χ1) is 9.13. The summed E-state index contributed by atoms with van der Waals surface area (Å²) in [6.07, 6.45) is 1.83. The van der Waals surface area contributed by atoms with Crippen LogP contribution in [0.4, 0.5) is 11.6 Å². The number of amides is 1. The molecule has 4 N–H and O–H groups in total. The predicted molar refractivity (Wildman–Crippen MR) is 68.1 cm³/mol. The van der Waals surface area contributed by atoms with Gasteiger partial charge in [-0.2, -0.15) is 10.2 Å². The average molecular weight is 257 g/mol. The van der Waals surface area contributed by atoms with Crippen molar-refractivity contribution in [3.63, 3.8) is 0 Å².